The van der Waals surface area contributed by atoms with Crippen LogP contribution in [0.15, 0.2) is 30.2 Å². The van der Waals surface area contributed by atoms with Crippen molar-refractivity contribution in [2.45, 2.75) is 38.8 Å². The number of rotatable bonds is 4. The number of ether oxygens (including phenoxy) is 1. The lowest BCUT2D eigenvalue weighted by Gasteiger charge is -2.22. The molecule has 1 atom stereocenters. The second kappa shape index (κ2) is 6.22. The molecule has 1 aromatic carbocycles. The molecule has 5 nitrogen and oxygen atoms in total. The van der Waals surface area contributed by atoms with Crippen molar-refractivity contribution in [3.8, 4) is 0 Å². The lowest BCUT2D eigenvalue weighted by molar-refractivity contribution is -0.139. The van der Waals surface area contributed by atoms with Gasteiger partial charge < -0.3 is 15.2 Å². The van der Waals surface area contributed by atoms with Crippen LogP contribution in [0.2, 0.25) is 0 Å². The highest BCUT2D eigenvalue weighted by Crippen LogP contribution is 2.08. The standard InChI is InChI=1S/C14H19NO4/c1-14(2,3)19-13(18)15-11(12(16)17)9-10-7-5-4-6-8-10/h4-8,11H,9H2,1-3H3,(H,15,18)(H,16,17)/t11-/m0/s1/i4D,5D,6D,7D,8D,9D2,11D. The molecular formula is C14H19NO4. The molecule has 0 spiro atoms. The molecule has 0 radical (unpaired) electrons. The average molecular weight is 273 g/mol. The number of hydrogen-bond acceptors (Lipinski definition) is 3. The number of carbonyl (C=O) groups is 2. The van der Waals surface area contributed by atoms with E-state index in [1.54, 1.807) is 5.32 Å². The Morgan fingerprint density at radius 2 is 2.05 bits per heavy atom. The van der Waals surface area contributed by atoms with E-state index in [0.29, 0.717) is 0 Å². The summed E-state index contributed by atoms with van der Waals surface area (Å²) in [6.07, 6.45) is -4.83. The largest absolute Gasteiger partial charge is 0.480 e. The molecule has 1 rings (SSSR count). The van der Waals surface area contributed by atoms with Crippen LogP contribution in [0.4, 0.5) is 4.79 Å². The molecule has 0 aromatic heterocycles. The van der Waals surface area contributed by atoms with Gasteiger partial charge in [0.1, 0.15) is 11.6 Å². The number of carboxylic acids is 1. The van der Waals surface area contributed by atoms with Gasteiger partial charge in [-0.25, -0.2) is 9.59 Å². The Labute approximate surface area is 123 Å². The van der Waals surface area contributed by atoms with Crippen LogP contribution < -0.4 is 5.32 Å². The van der Waals surface area contributed by atoms with E-state index in [9.17, 15) is 14.7 Å². The third kappa shape index (κ3) is 5.90. The number of amides is 1. The minimum Gasteiger partial charge on any atom is -0.480 e. The van der Waals surface area contributed by atoms with Gasteiger partial charge in [0.05, 0.1) is 8.22 Å². The predicted molar refractivity (Wildman–Crippen MR) is 70.9 cm³/mol. The smallest absolute Gasteiger partial charge is 0.408 e. The molecule has 1 aromatic rings. The summed E-state index contributed by atoms with van der Waals surface area (Å²) in [4.78, 5) is 23.6. The molecule has 0 heterocycles. The minimum atomic E-state index is -3.44. The fourth-order valence-electron chi connectivity index (χ4n) is 0.981. The van der Waals surface area contributed by atoms with E-state index in [2.05, 4.69) is 0 Å². The van der Waals surface area contributed by atoms with E-state index in [1.165, 1.54) is 20.8 Å². The SMILES string of the molecule is [2H]c1c([2H])c([2H])c(C([2H])([2H])[C@]([2H])(NC(=O)OC(C)(C)C)C(=O)O)c([2H])c1[2H]. The lowest BCUT2D eigenvalue weighted by atomic mass is 10.1. The third-order valence-electron chi connectivity index (χ3n) is 1.59. The first kappa shape index (κ1) is 6.93. The molecule has 5 heteroatoms. The van der Waals surface area contributed by atoms with E-state index in [4.69, 9.17) is 15.7 Å². The number of benzene rings is 1. The first-order chi connectivity index (χ1) is 12.0. The van der Waals surface area contributed by atoms with Crippen molar-refractivity contribution in [3.05, 3.63) is 35.8 Å². The fraction of sp³-hybridized carbons (Fsp3) is 0.429. The number of hydrogen-bond donors (Lipinski definition) is 2. The van der Waals surface area contributed by atoms with Crippen molar-refractivity contribution in [2.24, 2.45) is 0 Å². The van der Waals surface area contributed by atoms with Gasteiger partial charge >= 0.3 is 12.1 Å². The van der Waals surface area contributed by atoms with E-state index in [-0.39, 0.29) is 0 Å². The van der Waals surface area contributed by atoms with Gasteiger partial charge in [-0.2, -0.15) is 0 Å². The van der Waals surface area contributed by atoms with Gasteiger partial charge in [-0.15, -0.1) is 0 Å². The Kier molecular flexibility index (Phi) is 2.27. The van der Waals surface area contributed by atoms with Gasteiger partial charge in [0.15, 0.2) is 0 Å². The number of aliphatic carboxylic acids is 1. The topological polar surface area (TPSA) is 75.6 Å². The molecule has 0 aliphatic carbocycles. The molecule has 0 aliphatic heterocycles. The third-order valence-corrected chi connectivity index (χ3v) is 1.59. The van der Waals surface area contributed by atoms with Gasteiger partial charge in [-0.05, 0) is 26.3 Å². The Morgan fingerprint density at radius 1 is 1.47 bits per heavy atom. The molecule has 0 saturated carbocycles. The normalized spacial score (nSPS) is 21.0. The maximum absolute atomic E-state index is 11.9. The molecule has 104 valence electrons. The first-order valence-electron chi connectivity index (χ1n) is 9.29. The molecule has 0 bridgehead atoms. The predicted octanol–water partition coefficient (Wildman–Crippen LogP) is 2.21. The second-order valence-corrected chi connectivity index (χ2v) is 4.43. The molecule has 0 unspecified atom stereocenters. The Hall–Kier alpha value is -2.04. The number of alkyl carbamates (subject to hydrolysis) is 1. The summed E-state index contributed by atoms with van der Waals surface area (Å²) in [5.74, 6) is -2.15. The van der Waals surface area contributed by atoms with Crippen LogP contribution >= 0.6 is 0 Å². The van der Waals surface area contributed by atoms with Crippen molar-refractivity contribution in [1.82, 2.24) is 5.32 Å². The number of nitrogens with one attached hydrogen (secondary N) is 1. The van der Waals surface area contributed by atoms with Crippen LogP contribution in [0.5, 0.6) is 0 Å². The lowest BCUT2D eigenvalue weighted by Crippen LogP contribution is -2.44. The zero-order chi connectivity index (χ0) is 21.5. The number of carbonyl (C=O) groups excluding carboxylic acids is 1. The highest BCUT2D eigenvalue weighted by atomic mass is 16.6. The molecule has 1 amide bonds. The van der Waals surface area contributed by atoms with Crippen LogP contribution in [0.1, 0.15) is 37.3 Å². The molecule has 0 aliphatic rings. The Bertz CT molecular complexity index is 763. The van der Waals surface area contributed by atoms with Gasteiger partial charge in [-0.1, -0.05) is 30.2 Å². The fourth-order valence-corrected chi connectivity index (χ4v) is 0.981. The van der Waals surface area contributed by atoms with E-state index < -0.39 is 65.8 Å². The van der Waals surface area contributed by atoms with Crippen LogP contribution in [-0.2, 0) is 15.9 Å². The van der Waals surface area contributed by atoms with E-state index >= 15 is 0 Å². The van der Waals surface area contributed by atoms with Crippen LogP contribution in [0, 0.1) is 0 Å². The van der Waals surface area contributed by atoms with Crippen molar-refractivity contribution >= 4 is 12.1 Å². The van der Waals surface area contributed by atoms with Crippen LogP contribution in [0.3, 0.4) is 0 Å². The number of carboxylic acid groups (broad SMARTS) is 1. The summed E-state index contributed by atoms with van der Waals surface area (Å²) in [6, 6.07) is -8.09. The molecule has 0 saturated heterocycles. The molecule has 19 heavy (non-hydrogen) atoms. The van der Waals surface area contributed by atoms with Crippen molar-refractivity contribution in [2.75, 3.05) is 0 Å². The van der Waals surface area contributed by atoms with Crippen molar-refractivity contribution < 1.29 is 30.4 Å². The van der Waals surface area contributed by atoms with Gasteiger partial charge in [0, 0.05) is 9.11 Å². The second-order valence-electron chi connectivity index (χ2n) is 4.43. The minimum absolute atomic E-state index is 0.810. The summed E-state index contributed by atoms with van der Waals surface area (Å²) in [7, 11) is 0. The van der Waals surface area contributed by atoms with Gasteiger partial charge in [0.2, 0.25) is 0 Å². The van der Waals surface area contributed by atoms with E-state index in [0.717, 1.165) is 0 Å². The maximum Gasteiger partial charge on any atom is 0.408 e. The monoisotopic (exact) mass is 273 g/mol. The zero-order valence-corrected chi connectivity index (χ0v) is 10.7. The van der Waals surface area contributed by atoms with Crippen LogP contribution in [0.25, 0.3) is 0 Å². The van der Waals surface area contributed by atoms with E-state index in [1.807, 2.05) is 0 Å². The van der Waals surface area contributed by atoms with Crippen molar-refractivity contribution in [3.63, 3.8) is 0 Å². The maximum atomic E-state index is 11.9. The summed E-state index contributed by atoms with van der Waals surface area (Å²) < 4.78 is 67.3. The summed E-state index contributed by atoms with van der Waals surface area (Å²) in [6.45, 7) is 4.38. The average Bonchev–Trinajstić information content (AvgIpc) is 2.48. The highest BCUT2D eigenvalue weighted by Gasteiger charge is 2.23. The highest BCUT2D eigenvalue weighted by molar-refractivity contribution is 5.80. The zero-order valence-electron chi connectivity index (χ0n) is 18.7. The van der Waals surface area contributed by atoms with Crippen LogP contribution in [-0.4, -0.2) is 28.8 Å². The van der Waals surface area contributed by atoms with Gasteiger partial charge in [-0.3, -0.25) is 0 Å². The summed E-state index contributed by atoms with van der Waals surface area (Å²) >= 11 is 0. The Balaban J connectivity index is 3.62. The first-order valence-corrected chi connectivity index (χ1v) is 5.29. The molecular weight excluding hydrogens is 246 g/mol. The summed E-state index contributed by atoms with van der Waals surface area (Å²) in [5, 5.41) is 11.0. The quantitative estimate of drug-likeness (QED) is 0.882. The Morgan fingerprint density at radius 3 is 2.53 bits per heavy atom. The molecule has 2 N–H and O–H groups in total. The van der Waals surface area contributed by atoms with Crippen molar-refractivity contribution in [1.29, 1.82) is 0 Å². The van der Waals surface area contributed by atoms with Gasteiger partial charge in [0.25, 0.3) is 0 Å². The molecule has 0 fully saturated rings. The summed E-state index contributed by atoms with van der Waals surface area (Å²) in [5.41, 5.74) is -2.14.